The molecule has 0 radical (unpaired) electrons. The summed E-state index contributed by atoms with van der Waals surface area (Å²) in [7, 11) is 0. The van der Waals surface area contributed by atoms with Crippen molar-refractivity contribution in [2.24, 2.45) is 5.73 Å². The van der Waals surface area contributed by atoms with Gasteiger partial charge in [0.25, 0.3) is 0 Å². The number of rotatable bonds is 3. The van der Waals surface area contributed by atoms with Crippen LogP contribution in [-0.2, 0) is 4.79 Å². The van der Waals surface area contributed by atoms with E-state index in [1.165, 1.54) is 11.3 Å². The van der Waals surface area contributed by atoms with Crippen LogP contribution in [0.25, 0.3) is 10.1 Å². The Morgan fingerprint density at radius 3 is 2.69 bits per heavy atom. The van der Waals surface area contributed by atoms with E-state index < -0.39 is 11.9 Å². The summed E-state index contributed by atoms with van der Waals surface area (Å²) in [4.78, 5) is 12.0. The van der Waals surface area contributed by atoms with Crippen molar-refractivity contribution in [3.63, 3.8) is 0 Å². The third kappa shape index (κ3) is 1.94. The topological polar surface area (TPSA) is 63.3 Å². The van der Waals surface area contributed by atoms with E-state index in [9.17, 15) is 4.79 Å². The standard InChI is InChI=1S/C12H13NO2S/c1-7(13)11(12(14)15)10-6-8-4-2-3-5-9(8)16-10/h2-7,11H,13H2,1H3,(H,14,15). The Balaban J connectivity index is 2.49. The Hall–Kier alpha value is -1.39. The molecule has 0 saturated carbocycles. The van der Waals surface area contributed by atoms with Crippen LogP contribution in [-0.4, -0.2) is 17.1 Å². The third-order valence-electron chi connectivity index (χ3n) is 2.54. The number of aliphatic carboxylic acids is 1. The largest absolute Gasteiger partial charge is 0.481 e. The molecule has 3 nitrogen and oxygen atoms in total. The van der Waals surface area contributed by atoms with Crippen LogP contribution in [0, 0.1) is 0 Å². The second-order valence-corrected chi connectivity index (χ2v) is 4.98. The van der Waals surface area contributed by atoms with Gasteiger partial charge in [0.05, 0.1) is 0 Å². The highest BCUT2D eigenvalue weighted by molar-refractivity contribution is 7.19. The van der Waals surface area contributed by atoms with Crippen molar-refractivity contribution < 1.29 is 9.90 Å². The van der Waals surface area contributed by atoms with Crippen molar-refractivity contribution in [1.29, 1.82) is 0 Å². The second kappa shape index (κ2) is 4.23. The van der Waals surface area contributed by atoms with Crippen molar-refractivity contribution in [3.05, 3.63) is 35.2 Å². The fraction of sp³-hybridized carbons (Fsp3) is 0.250. The maximum Gasteiger partial charge on any atom is 0.313 e. The molecule has 4 heteroatoms. The van der Waals surface area contributed by atoms with Gasteiger partial charge >= 0.3 is 5.97 Å². The Bertz CT molecular complexity index is 485. The SMILES string of the molecule is CC(N)C(C(=O)O)c1cc2ccccc2s1. The zero-order chi connectivity index (χ0) is 11.7. The number of fused-ring (bicyclic) bond motifs is 1. The van der Waals surface area contributed by atoms with Gasteiger partial charge < -0.3 is 10.8 Å². The molecule has 0 spiro atoms. The first-order chi connectivity index (χ1) is 7.59. The van der Waals surface area contributed by atoms with Gasteiger partial charge in [-0.25, -0.2) is 0 Å². The smallest absolute Gasteiger partial charge is 0.313 e. The summed E-state index contributed by atoms with van der Waals surface area (Å²) in [5.41, 5.74) is 5.72. The molecule has 0 aliphatic heterocycles. The van der Waals surface area contributed by atoms with Crippen LogP contribution in [0.15, 0.2) is 30.3 Å². The maximum atomic E-state index is 11.1. The molecule has 0 fully saturated rings. The first kappa shape index (κ1) is 11.1. The first-order valence-electron chi connectivity index (χ1n) is 5.06. The molecule has 0 amide bonds. The van der Waals surface area contributed by atoms with Gasteiger partial charge in [-0.1, -0.05) is 18.2 Å². The van der Waals surface area contributed by atoms with Gasteiger partial charge in [0.1, 0.15) is 5.92 Å². The summed E-state index contributed by atoms with van der Waals surface area (Å²) in [5.74, 6) is -1.47. The van der Waals surface area contributed by atoms with Crippen molar-refractivity contribution in [3.8, 4) is 0 Å². The first-order valence-corrected chi connectivity index (χ1v) is 5.88. The van der Waals surface area contributed by atoms with E-state index in [1.807, 2.05) is 30.3 Å². The summed E-state index contributed by atoms with van der Waals surface area (Å²) in [6, 6.07) is 9.40. The van der Waals surface area contributed by atoms with Crippen molar-refractivity contribution >= 4 is 27.4 Å². The number of carboxylic acid groups (broad SMARTS) is 1. The highest BCUT2D eigenvalue weighted by Crippen LogP contribution is 2.32. The van der Waals surface area contributed by atoms with E-state index in [-0.39, 0.29) is 6.04 Å². The molecule has 0 aliphatic carbocycles. The zero-order valence-electron chi connectivity index (χ0n) is 8.88. The lowest BCUT2D eigenvalue weighted by molar-refractivity contribution is -0.139. The van der Waals surface area contributed by atoms with Gasteiger partial charge in [-0.15, -0.1) is 11.3 Å². The number of thiophene rings is 1. The molecule has 2 aromatic rings. The van der Waals surface area contributed by atoms with Gasteiger partial charge in [0.2, 0.25) is 0 Å². The number of benzene rings is 1. The van der Waals surface area contributed by atoms with Crippen LogP contribution in [0.4, 0.5) is 0 Å². The molecule has 1 aromatic heterocycles. The van der Waals surface area contributed by atoms with Crippen LogP contribution >= 0.6 is 11.3 Å². The minimum atomic E-state index is -0.860. The van der Waals surface area contributed by atoms with Gasteiger partial charge in [-0.2, -0.15) is 0 Å². The number of carboxylic acids is 1. The molecule has 0 bridgehead atoms. The maximum absolute atomic E-state index is 11.1. The van der Waals surface area contributed by atoms with E-state index in [2.05, 4.69) is 0 Å². The van der Waals surface area contributed by atoms with Crippen LogP contribution in [0.3, 0.4) is 0 Å². The molecular formula is C12H13NO2S. The summed E-state index contributed by atoms with van der Waals surface area (Å²) in [6.07, 6.45) is 0. The molecule has 1 heterocycles. The Kier molecular flexibility index (Phi) is 2.94. The van der Waals surface area contributed by atoms with E-state index in [4.69, 9.17) is 10.8 Å². The van der Waals surface area contributed by atoms with Crippen molar-refractivity contribution in [1.82, 2.24) is 0 Å². The molecule has 0 saturated heterocycles. The molecule has 1 aromatic carbocycles. The highest BCUT2D eigenvalue weighted by Gasteiger charge is 2.25. The molecule has 84 valence electrons. The summed E-state index contributed by atoms with van der Waals surface area (Å²) in [6.45, 7) is 1.73. The predicted octanol–water partition coefficient (Wildman–Crippen LogP) is 2.42. The minimum absolute atomic E-state index is 0.384. The average molecular weight is 235 g/mol. The van der Waals surface area contributed by atoms with Crippen LogP contribution in [0.2, 0.25) is 0 Å². The molecule has 16 heavy (non-hydrogen) atoms. The third-order valence-corrected chi connectivity index (χ3v) is 3.74. The Morgan fingerprint density at radius 1 is 1.44 bits per heavy atom. The summed E-state index contributed by atoms with van der Waals surface area (Å²) < 4.78 is 1.10. The van der Waals surface area contributed by atoms with E-state index in [1.54, 1.807) is 6.92 Å². The number of carbonyl (C=O) groups is 1. The lowest BCUT2D eigenvalue weighted by Gasteiger charge is -2.13. The van der Waals surface area contributed by atoms with Gasteiger partial charge in [-0.3, -0.25) is 4.79 Å². The summed E-state index contributed by atoms with van der Waals surface area (Å²) >= 11 is 1.50. The number of hydrogen-bond acceptors (Lipinski definition) is 3. The normalized spacial score (nSPS) is 14.9. The molecular weight excluding hydrogens is 222 g/mol. The average Bonchev–Trinajstić information content (AvgIpc) is 2.58. The quantitative estimate of drug-likeness (QED) is 0.858. The van der Waals surface area contributed by atoms with Gasteiger partial charge in [0, 0.05) is 15.6 Å². The van der Waals surface area contributed by atoms with Crippen molar-refractivity contribution in [2.75, 3.05) is 0 Å². The number of hydrogen-bond donors (Lipinski definition) is 2. The molecule has 2 atom stereocenters. The van der Waals surface area contributed by atoms with E-state index in [0.29, 0.717) is 0 Å². The molecule has 3 N–H and O–H groups in total. The van der Waals surface area contributed by atoms with Crippen molar-refractivity contribution in [2.45, 2.75) is 18.9 Å². The monoisotopic (exact) mass is 235 g/mol. The van der Waals surface area contributed by atoms with Crippen LogP contribution in [0.1, 0.15) is 17.7 Å². The molecule has 2 rings (SSSR count). The Morgan fingerprint density at radius 2 is 2.12 bits per heavy atom. The summed E-state index contributed by atoms with van der Waals surface area (Å²) in [5, 5.41) is 10.2. The van der Waals surface area contributed by atoms with Gasteiger partial charge in [0.15, 0.2) is 0 Å². The predicted molar refractivity (Wildman–Crippen MR) is 65.9 cm³/mol. The fourth-order valence-electron chi connectivity index (χ4n) is 1.76. The second-order valence-electron chi connectivity index (χ2n) is 3.86. The number of nitrogens with two attached hydrogens (primary N) is 1. The van der Waals surface area contributed by atoms with Gasteiger partial charge in [-0.05, 0) is 24.4 Å². The zero-order valence-corrected chi connectivity index (χ0v) is 9.70. The highest BCUT2D eigenvalue weighted by atomic mass is 32.1. The fourth-order valence-corrected chi connectivity index (χ4v) is 3.04. The molecule has 2 unspecified atom stereocenters. The minimum Gasteiger partial charge on any atom is -0.481 e. The Labute approximate surface area is 97.5 Å². The lowest BCUT2D eigenvalue weighted by Crippen LogP contribution is -2.30. The van der Waals surface area contributed by atoms with Crippen LogP contribution < -0.4 is 5.73 Å². The van der Waals surface area contributed by atoms with E-state index >= 15 is 0 Å². The lowest BCUT2D eigenvalue weighted by atomic mass is 10.00. The molecule has 0 aliphatic rings. The van der Waals surface area contributed by atoms with Crippen LogP contribution in [0.5, 0.6) is 0 Å². The van der Waals surface area contributed by atoms with E-state index in [0.717, 1.165) is 15.0 Å².